The fourth-order valence-electron chi connectivity index (χ4n) is 1.77. The molecule has 0 aliphatic carbocycles. The molecule has 0 radical (unpaired) electrons. The molecular weight excluding hydrogens is 280 g/mol. The Morgan fingerprint density at radius 3 is 2.37 bits per heavy atom. The maximum absolute atomic E-state index is 11.2. The van der Waals surface area contributed by atoms with E-state index in [1.54, 1.807) is 6.07 Å². The van der Waals surface area contributed by atoms with Gasteiger partial charge in [-0.2, -0.15) is 0 Å². The predicted molar refractivity (Wildman–Crippen MR) is 78.4 cm³/mol. The summed E-state index contributed by atoms with van der Waals surface area (Å²) in [5.74, 6) is -0.879. The van der Waals surface area contributed by atoms with Crippen molar-refractivity contribution in [1.29, 1.82) is 0 Å². The van der Waals surface area contributed by atoms with Gasteiger partial charge in [0.2, 0.25) is 0 Å². The molecule has 1 N–H and O–H groups in total. The van der Waals surface area contributed by atoms with Crippen molar-refractivity contribution in [3.05, 3.63) is 58.6 Å². The number of carboxylic acids is 1. The van der Waals surface area contributed by atoms with Crippen molar-refractivity contribution < 1.29 is 9.90 Å². The molecule has 98 valence electrons. The minimum atomic E-state index is -0.879. The third-order valence-electron chi connectivity index (χ3n) is 2.74. The molecule has 0 unspecified atom stereocenters. The Morgan fingerprint density at radius 2 is 1.79 bits per heavy atom. The second kappa shape index (κ2) is 6.13. The minimum absolute atomic E-state index is 0.376. The first-order valence-corrected chi connectivity index (χ1v) is 7.09. The molecule has 0 saturated heterocycles. The van der Waals surface area contributed by atoms with E-state index in [1.807, 2.05) is 43.3 Å². The molecule has 0 aliphatic heterocycles. The number of carboxylic acid groups (broad SMARTS) is 1. The van der Waals surface area contributed by atoms with Gasteiger partial charge in [-0.05, 0) is 48.4 Å². The van der Waals surface area contributed by atoms with Crippen LogP contribution in [0, 0.1) is 0 Å². The van der Waals surface area contributed by atoms with E-state index < -0.39 is 5.97 Å². The van der Waals surface area contributed by atoms with Gasteiger partial charge < -0.3 is 5.11 Å². The zero-order chi connectivity index (χ0) is 13.8. The number of hydrogen-bond acceptors (Lipinski definition) is 2. The summed E-state index contributed by atoms with van der Waals surface area (Å²) in [6.45, 7) is 1.95. The molecule has 0 fully saturated rings. The van der Waals surface area contributed by atoms with Crippen LogP contribution in [0.2, 0.25) is 5.02 Å². The van der Waals surface area contributed by atoms with Crippen molar-refractivity contribution in [3.8, 4) is 0 Å². The van der Waals surface area contributed by atoms with Gasteiger partial charge in [-0.3, -0.25) is 0 Å². The quantitative estimate of drug-likeness (QED) is 0.883. The van der Waals surface area contributed by atoms with Gasteiger partial charge in [0.15, 0.2) is 0 Å². The number of rotatable bonds is 4. The van der Waals surface area contributed by atoms with Gasteiger partial charge in [-0.15, -0.1) is 0 Å². The van der Waals surface area contributed by atoms with Gasteiger partial charge in [0.1, 0.15) is 0 Å². The second-order valence-electron chi connectivity index (χ2n) is 4.03. The van der Waals surface area contributed by atoms with Crippen molar-refractivity contribution in [2.24, 2.45) is 0 Å². The number of benzene rings is 2. The smallest absolute Gasteiger partial charge is 0.336 e. The van der Waals surface area contributed by atoms with Gasteiger partial charge in [0.05, 0.1) is 5.56 Å². The summed E-state index contributed by atoms with van der Waals surface area (Å²) in [4.78, 5) is 13.1. The van der Waals surface area contributed by atoms with Crippen LogP contribution in [0.5, 0.6) is 0 Å². The third kappa shape index (κ3) is 3.52. The molecule has 0 aliphatic rings. The van der Waals surface area contributed by atoms with Crippen molar-refractivity contribution in [1.82, 2.24) is 0 Å². The van der Waals surface area contributed by atoms with Gasteiger partial charge in [0.25, 0.3) is 0 Å². The number of halogens is 1. The lowest BCUT2D eigenvalue weighted by molar-refractivity contribution is 0.0695. The van der Waals surface area contributed by atoms with Crippen molar-refractivity contribution in [2.75, 3.05) is 0 Å². The zero-order valence-corrected chi connectivity index (χ0v) is 12.0. The molecule has 4 heteroatoms. The molecule has 0 spiro atoms. The Morgan fingerprint density at radius 1 is 1.16 bits per heavy atom. The lowest BCUT2D eigenvalue weighted by atomic mass is 10.1. The van der Waals surface area contributed by atoms with Crippen LogP contribution in [-0.4, -0.2) is 11.1 Å². The fraction of sp³-hybridized carbons (Fsp3) is 0.133. The third-order valence-corrected chi connectivity index (χ3v) is 3.99. The molecule has 2 nitrogen and oxygen atoms in total. The lowest BCUT2D eigenvalue weighted by Gasteiger charge is -2.07. The molecule has 0 amide bonds. The Labute approximate surface area is 121 Å². The molecule has 0 atom stereocenters. The number of aryl methyl sites for hydroxylation is 1. The van der Waals surface area contributed by atoms with Crippen LogP contribution in [0.3, 0.4) is 0 Å². The van der Waals surface area contributed by atoms with Crippen LogP contribution in [0.15, 0.2) is 52.3 Å². The van der Waals surface area contributed by atoms with E-state index in [4.69, 9.17) is 11.6 Å². The highest BCUT2D eigenvalue weighted by Crippen LogP contribution is 2.30. The van der Waals surface area contributed by atoms with Crippen LogP contribution in [0.25, 0.3) is 0 Å². The summed E-state index contributed by atoms with van der Waals surface area (Å²) in [7, 11) is 0. The SMILES string of the molecule is CCc1ccc(Sc2ccc(Cl)cc2)cc1C(=O)O. The summed E-state index contributed by atoms with van der Waals surface area (Å²) in [5.41, 5.74) is 1.23. The highest BCUT2D eigenvalue weighted by Gasteiger charge is 2.10. The predicted octanol–water partition coefficient (Wildman–Crippen LogP) is 4.75. The van der Waals surface area contributed by atoms with E-state index in [0.717, 1.165) is 15.4 Å². The summed E-state index contributed by atoms with van der Waals surface area (Å²) in [6, 6.07) is 13.0. The normalized spacial score (nSPS) is 10.4. The summed E-state index contributed by atoms with van der Waals surface area (Å²) in [5, 5.41) is 9.89. The van der Waals surface area contributed by atoms with E-state index in [1.165, 1.54) is 11.8 Å². The fourth-order valence-corrected chi connectivity index (χ4v) is 2.75. The molecule has 0 heterocycles. The minimum Gasteiger partial charge on any atom is -0.478 e. The van der Waals surface area contributed by atoms with Crippen molar-refractivity contribution in [2.45, 2.75) is 23.1 Å². The zero-order valence-electron chi connectivity index (χ0n) is 10.4. The molecule has 0 saturated carbocycles. The van der Waals surface area contributed by atoms with Crippen LogP contribution < -0.4 is 0 Å². The van der Waals surface area contributed by atoms with Crippen LogP contribution >= 0.6 is 23.4 Å². The largest absolute Gasteiger partial charge is 0.478 e. The Hall–Kier alpha value is -1.45. The van der Waals surface area contributed by atoms with Crippen LogP contribution in [0.4, 0.5) is 0 Å². The summed E-state index contributed by atoms with van der Waals surface area (Å²) >= 11 is 7.36. The average molecular weight is 293 g/mol. The van der Waals surface area contributed by atoms with Crippen LogP contribution in [0.1, 0.15) is 22.8 Å². The maximum Gasteiger partial charge on any atom is 0.336 e. The highest BCUT2D eigenvalue weighted by molar-refractivity contribution is 7.99. The molecule has 19 heavy (non-hydrogen) atoms. The van der Waals surface area contributed by atoms with Gasteiger partial charge >= 0.3 is 5.97 Å². The van der Waals surface area contributed by atoms with Gasteiger partial charge in [-0.25, -0.2) is 4.79 Å². The number of hydrogen-bond donors (Lipinski definition) is 1. The second-order valence-corrected chi connectivity index (χ2v) is 5.62. The van der Waals surface area contributed by atoms with Gasteiger partial charge in [-0.1, -0.05) is 36.4 Å². The number of carbonyl (C=O) groups is 1. The lowest BCUT2D eigenvalue weighted by Crippen LogP contribution is -2.01. The monoisotopic (exact) mass is 292 g/mol. The maximum atomic E-state index is 11.2. The summed E-state index contributed by atoms with van der Waals surface area (Å²) < 4.78 is 0. The Bertz CT molecular complexity index is 594. The van der Waals surface area contributed by atoms with Crippen LogP contribution in [-0.2, 0) is 6.42 Å². The van der Waals surface area contributed by atoms with E-state index in [2.05, 4.69) is 0 Å². The first kappa shape index (κ1) is 14.0. The van der Waals surface area contributed by atoms with E-state index in [9.17, 15) is 9.90 Å². The highest BCUT2D eigenvalue weighted by atomic mass is 35.5. The molecule has 2 rings (SSSR count). The Balaban J connectivity index is 2.28. The number of aromatic carboxylic acids is 1. The van der Waals surface area contributed by atoms with Crippen molar-refractivity contribution >= 4 is 29.3 Å². The first-order chi connectivity index (χ1) is 9.10. The topological polar surface area (TPSA) is 37.3 Å². The average Bonchev–Trinajstić information content (AvgIpc) is 2.41. The van der Waals surface area contributed by atoms with Gasteiger partial charge in [0, 0.05) is 14.8 Å². The molecule has 0 aromatic heterocycles. The van der Waals surface area contributed by atoms with E-state index >= 15 is 0 Å². The molecule has 0 bridgehead atoms. The first-order valence-electron chi connectivity index (χ1n) is 5.90. The summed E-state index contributed by atoms with van der Waals surface area (Å²) in [6.07, 6.45) is 0.716. The molecule has 2 aromatic rings. The van der Waals surface area contributed by atoms with E-state index in [0.29, 0.717) is 17.0 Å². The standard InChI is InChI=1S/C15H13ClO2S/c1-2-10-3-6-13(9-14(10)15(17)18)19-12-7-4-11(16)5-8-12/h3-9H,2H2,1H3,(H,17,18). The van der Waals surface area contributed by atoms with E-state index in [-0.39, 0.29) is 0 Å². The Kier molecular flexibility index (Phi) is 4.51. The van der Waals surface area contributed by atoms with Crippen molar-refractivity contribution in [3.63, 3.8) is 0 Å². The molecule has 2 aromatic carbocycles. The molecular formula is C15H13ClO2S.